The molecule has 2 nitrogen and oxygen atoms in total. The van der Waals surface area contributed by atoms with Gasteiger partial charge in [0.1, 0.15) is 0 Å². The Morgan fingerprint density at radius 1 is 0.581 bits per heavy atom. The van der Waals surface area contributed by atoms with Gasteiger partial charge in [-0.2, -0.15) is 0 Å². The zero-order valence-corrected chi connectivity index (χ0v) is 20.9. The SMILES string of the molecule is CCCCCCCC1COC(/C=C/C2CCC(C3CCC(CCCC)CC3)CC2)OC1. The van der Waals surface area contributed by atoms with Crippen molar-refractivity contribution in [3.05, 3.63) is 12.2 Å². The molecule has 0 N–H and O–H groups in total. The zero-order valence-electron chi connectivity index (χ0n) is 20.9. The first kappa shape index (κ1) is 25.3. The lowest BCUT2D eigenvalue weighted by molar-refractivity contribution is -0.175. The fraction of sp³-hybridized carbons (Fsp3) is 0.931. The van der Waals surface area contributed by atoms with Gasteiger partial charge in [-0.3, -0.25) is 0 Å². The van der Waals surface area contributed by atoms with Crippen LogP contribution in [0.5, 0.6) is 0 Å². The standard InChI is InChI=1S/C29H52O2/c1-3-5-7-8-9-11-26-22-30-29(31-23-26)21-16-25-14-19-28(20-15-25)27-17-12-24(13-18-27)10-6-4-2/h16,21,24-29H,3-15,17-20,22-23H2,1-2H3/b21-16+. The summed E-state index contributed by atoms with van der Waals surface area (Å²) in [7, 11) is 0. The van der Waals surface area contributed by atoms with Gasteiger partial charge in [0, 0.05) is 5.92 Å². The second kappa shape index (κ2) is 14.7. The van der Waals surface area contributed by atoms with Crippen molar-refractivity contribution in [3.8, 4) is 0 Å². The van der Waals surface area contributed by atoms with Crippen LogP contribution in [0.3, 0.4) is 0 Å². The molecule has 31 heavy (non-hydrogen) atoms. The average molecular weight is 433 g/mol. The number of ether oxygens (including phenoxy) is 2. The predicted octanol–water partition coefficient (Wildman–Crippen LogP) is 8.70. The molecule has 0 aromatic carbocycles. The molecule has 0 spiro atoms. The Kier molecular flexibility index (Phi) is 12.0. The first-order chi connectivity index (χ1) is 15.3. The summed E-state index contributed by atoms with van der Waals surface area (Å²) in [6.07, 6.45) is 28.7. The van der Waals surface area contributed by atoms with Crippen molar-refractivity contribution < 1.29 is 9.47 Å². The number of allylic oxidation sites excluding steroid dienone is 1. The van der Waals surface area contributed by atoms with Gasteiger partial charge in [0.2, 0.25) is 0 Å². The molecule has 1 aliphatic heterocycles. The fourth-order valence-corrected chi connectivity index (χ4v) is 6.37. The van der Waals surface area contributed by atoms with E-state index in [1.165, 1.54) is 109 Å². The third-order valence-corrected chi connectivity index (χ3v) is 8.59. The minimum Gasteiger partial charge on any atom is -0.349 e. The molecular formula is C29H52O2. The van der Waals surface area contributed by atoms with E-state index in [4.69, 9.17) is 9.47 Å². The van der Waals surface area contributed by atoms with Crippen LogP contribution in [-0.2, 0) is 9.47 Å². The Hall–Kier alpha value is -0.340. The van der Waals surface area contributed by atoms with Crippen LogP contribution in [0, 0.1) is 29.6 Å². The Labute approximate surface area is 193 Å². The number of unbranched alkanes of at least 4 members (excludes halogenated alkanes) is 5. The van der Waals surface area contributed by atoms with Crippen LogP contribution in [0.4, 0.5) is 0 Å². The highest BCUT2D eigenvalue weighted by atomic mass is 16.7. The summed E-state index contributed by atoms with van der Waals surface area (Å²) in [5, 5.41) is 0. The predicted molar refractivity (Wildman–Crippen MR) is 132 cm³/mol. The molecule has 3 rings (SSSR count). The molecule has 0 atom stereocenters. The van der Waals surface area contributed by atoms with Crippen LogP contribution in [0.2, 0.25) is 0 Å². The molecule has 0 unspecified atom stereocenters. The molecular weight excluding hydrogens is 380 g/mol. The molecule has 2 heteroatoms. The number of hydrogen-bond acceptors (Lipinski definition) is 2. The average Bonchev–Trinajstić information content (AvgIpc) is 2.83. The van der Waals surface area contributed by atoms with Gasteiger partial charge in [-0.05, 0) is 74.7 Å². The summed E-state index contributed by atoms with van der Waals surface area (Å²) in [4.78, 5) is 0. The molecule has 0 aromatic rings. The van der Waals surface area contributed by atoms with E-state index in [-0.39, 0.29) is 6.29 Å². The van der Waals surface area contributed by atoms with Gasteiger partial charge in [-0.1, -0.05) is 84.1 Å². The van der Waals surface area contributed by atoms with E-state index in [0.29, 0.717) is 5.92 Å². The first-order valence-corrected chi connectivity index (χ1v) is 14.2. The Morgan fingerprint density at radius 3 is 1.81 bits per heavy atom. The normalized spacial score (nSPS) is 34.9. The Balaban J connectivity index is 1.25. The van der Waals surface area contributed by atoms with E-state index in [0.717, 1.165) is 36.9 Å². The van der Waals surface area contributed by atoms with Crippen molar-refractivity contribution in [2.45, 2.75) is 129 Å². The summed E-state index contributed by atoms with van der Waals surface area (Å²) in [5.41, 5.74) is 0. The van der Waals surface area contributed by atoms with E-state index in [1.807, 2.05) is 0 Å². The maximum atomic E-state index is 6.01. The highest BCUT2D eigenvalue weighted by Gasteiger charge is 2.30. The van der Waals surface area contributed by atoms with Gasteiger partial charge in [0.25, 0.3) is 0 Å². The molecule has 3 aliphatic rings. The van der Waals surface area contributed by atoms with Crippen molar-refractivity contribution in [1.29, 1.82) is 0 Å². The van der Waals surface area contributed by atoms with Crippen LogP contribution in [0.25, 0.3) is 0 Å². The molecule has 0 radical (unpaired) electrons. The largest absolute Gasteiger partial charge is 0.349 e. The van der Waals surface area contributed by atoms with E-state index >= 15 is 0 Å². The summed E-state index contributed by atoms with van der Waals surface area (Å²) >= 11 is 0. The van der Waals surface area contributed by atoms with Gasteiger partial charge in [-0.25, -0.2) is 0 Å². The zero-order chi connectivity index (χ0) is 21.7. The van der Waals surface area contributed by atoms with Crippen LogP contribution in [0.15, 0.2) is 12.2 Å². The lowest BCUT2D eigenvalue weighted by Crippen LogP contribution is -2.31. The number of hydrogen-bond donors (Lipinski definition) is 0. The highest BCUT2D eigenvalue weighted by molar-refractivity contribution is 4.95. The summed E-state index contributed by atoms with van der Waals surface area (Å²) in [6, 6.07) is 0. The van der Waals surface area contributed by atoms with Crippen molar-refractivity contribution in [2.75, 3.05) is 13.2 Å². The van der Waals surface area contributed by atoms with E-state index < -0.39 is 0 Å². The second-order valence-electron chi connectivity index (χ2n) is 11.1. The Morgan fingerprint density at radius 2 is 1.16 bits per heavy atom. The topological polar surface area (TPSA) is 18.5 Å². The molecule has 0 aromatic heterocycles. The molecule has 3 fully saturated rings. The lowest BCUT2D eigenvalue weighted by atomic mass is 9.68. The smallest absolute Gasteiger partial charge is 0.176 e. The minimum absolute atomic E-state index is 0.0903. The van der Waals surface area contributed by atoms with Gasteiger partial charge >= 0.3 is 0 Å². The van der Waals surface area contributed by atoms with Crippen LogP contribution >= 0.6 is 0 Å². The van der Waals surface area contributed by atoms with E-state index in [1.54, 1.807) is 0 Å². The van der Waals surface area contributed by atoms with Crippen LogP contribution in [0.1, 0.15) is 123 Å². The molecule has 1 heterocycles. The molecule has 180 valence electrons. The number of rotatable bonds is 12. The second-order valence-corrected chi connectivity index (χ2v) is 11.1. The van der Waals surface area contributed by atoms with E-state index in [2.05, 4.69) is 26.0 Å². The minimum atomic E-state index is -0.0903. The van der Waals surface area contributed by atoms with Crippen molar-refractivity contribution >= 4 is 0 Å². The van der Waals surface area contributed by atoms with Crippen molar-refractivity contribution in [3.63, 3.8) is 0 Å². The summed E-state index contributed by atoms with van der Waals surface area (Å²) < 4.78 is 12.0. The quantitative estimate of drug-likeness (QED) is 0.227. The lowest BCUT2D eigenvalue weighted by Gasteiger charge is -2.37. The molecule has 0 amide bonds. The highest BCUT2D eigenvalue weighted by Crippen LogP contribution is 2.42. The third kappa shape index (κ3) is 9.20. The molecule has 2 aliphatic carbocycles. The van der Waals surface area contributed by atoms with Gasteiger partial charge in [-0.15, -0.1) is 0 Å². The van der Waals surface area contributed by atoms with Crippen molar-refractivity contribution in [1.82, 2.24) is 0 Å². The Bertz CT molecular complexity index is 463. The molecule has 1 saturated heterocycles. The maximum Gasteiger partial charge on any atom is 0.176 e. The maximum absolute atomic E-state index is 6.01. The molecule has 2 saturated carbocycles. The van der Waals surface area contributed by atoms with Crippen LogP contribution < -0.4 is 0 Å². The molecule has 0 bridgehead atoms. The van der Waals surface area contributed by atoms with Gasteiger partial charge in [0.15, 0.2) is 6.29 Å². The monoisotopic (exact) mass is 432 g/mol. The van der Waals surface area contributed by atoms with Gasteiger partial charge in [0.05, 0.1) is 13.2 Å². The van der Waals surface area contributed by atoms with Crippen LogP contribution in [-0.4, -0.2) is 19.5 Å². The van der Waals surface area contributed by atoms with Gasteiger partial charge < -0.3 is 9.47 Å². The summed E-state index contributed by atoms with van der Waals surface area (Å²) in [5.74, 6) is 4.45. The van der Waals surface area contributed by atoms with E-state index in [9.17, 15) is 0 Å². The fourth-order valence-electron chi connectivity index (χ4n) is 6.37. The van der Waals surface area contributed by atoms with Crippen molar-refractivity contribution in [2.24, 2.45) is 29.6 Å². The third-order valence-electron chi connectivity index (χ3n) is 8.59. The first-order valence-electron chi connectivity index (χ1n) is 14.2. The summed E-state index contributed by atoms with van der Waals surface area (Å²) in [6.45, 7) is 6.38.